The lowest BCUT2D eigenvalue weighted by molar-refractivity contribution is 0.169. The van der Waals surface area contributed by atoms with Crippen molar-refractivity contribution in [2.45, 2.75) is 38.9 Å². The lowest BCUT2D eigenvalue weighted by Gasteiger charge is -2.43. The van der Waals surface area contributed by atoms with Crippen LogP contribution in [0.3, 0.4) is 0 Å². The van der Waals surface area contributed by atoms with Gasteiger partial charge in [-0.05, 0) is 33.9 Å². The molecule has 1 aromatic heterocycles. The molecule has 100 valence electrons. The van der Waals surface area contributed by atoms with Crippen LogP contribution in [-0.2, 0) is 0 Å². The quantitative estimate of drug-likeness (QED) is 0.864. The maximum Gasteiger partial charge on any atom is 0.133 e. The number of nitrogens with zero attached hydrogens (tertiary/aromatic N) is 3. The Bertz CT molecular complexity index is 393. The van der Waals surface area contributed by atoms with Gasteiger partial charge >= 0.3 is 0 Å². The minimum Gasteiger partial charge on any atom is -0.353 e. The van der Waals surface area contributed by atoms with Gasteiger partial charge in [-0.1, -0.05) is 6.07 Å². The number of hydrogen-bond donors (Lipinski definition) is 1. The van der Waals surface area contributed by atoms with Crippen LogP contribution >= 0.6 is 0 Å². The molecule has 0 spiro atoms. The normalized spacial score (nSPS) is 27.3. The van der Waals surface area contributed by atoms with Crippen LogP contribution in [0.5, 0.6) is 0 Å². The van der Waals surface area contributed by atoms with Crippen LogP contribution in [0.2, 0.25) is 0 Å². The van der Waals surface area contributed by atoms with E-state index in [4.69, 9.17) is 5.73 Å². The Hall–Kier alpha value is -1.13. The number of piperazine rings is 1. The van der Waals surface area contributed by atoms with Crippen LogP contribution in [0.1, 0.15) is 32.4 Å². The zero-order valence-corrected chi connectivity index (χ0v) is 11.8. The minimum atomic E-state index is 0.0268. The molecule has 2 rings (SSSR count). The van der Waals surface area contributed by atoms with Gasteiger partial charge in [-0.15, -0.1) is 0 Å². The van der Waals surface area contributed by atoms with Crippen LogP contribution in [0.15, 0.2) is 18.3 Å². The van der Waals surface area contributed by atoms with Crippen molar-refractivity contribution in [2.24, 2.45) is 5.73 Å². The lowest BCUT2D eigenvalue weighted by Crippen LogP contribution is -2.55. The third-order valence-corrected chi connectivity index (χ3v) is 3.97. The van der Waals surface area contributed by atoms with Crippen molar-refractivity contribution in [3.8, 4) is 0 Å². The van der Waals surface area contributed by atoms with Crippen molar-refractivity contribution >= 4 is 5.82 Å². The van der Waals surface area contributed by atoms with Gasteiger partial charge in [0.2, 0.25) is 0 Å². The zero-order valence-electron chi connectivity index (χ0n) is 11.8. The number of hydrogen-bond acceptors (Lipinski definition) is 4. The molecule has 1 aliphatic rings. The highest BCUT2D eigenvalue weighted by Crippen LogP contribution is 2.25. The lowest BCUT2D eigenvalue weighted by atomic mass is 10.1. The number of rotatable bonds is 2. The Morgan fingerprint density at radius 3 is 2.50 bits per heavy atom. The summed E-state index contributed by atoms with van der Waals surface area (Å²) >= 11 is 0. The molecule has 18 heavy (non-hydrogen) atoms. The van der Waals surface area contributed by atoms with Crippen molar-refractivity contribution in [2.75, 3.05) is 25.0 Å². The van der Waals surface area contributed by atoms with Gasteiger partial charge in [0, 0.05) is 43.0 Å². The first-order chi connectivity index (χ1) is 8.50. The Balaban J connectivity index is 2.27. The molecule has 2 heterocycles. The summed E-state index contributed by atoms with van der Waals surface area (Å²) in [6.45, 7) is 8.56. The molecule has 0 saturated carbocycles. The molecule has 0 bridgehead atoms. The molecule has 1 aliphatic heterocycles. The largest absolute Gasteiger partial charge is 0.353 e. The predicted molar refractivity (Wildman–Crippen MR) is 75.7 cm³/mol. The molecule has 3 atom stereocenters. The topological polar surface area (TPSA) is 45.4 Å². The van der Waals surface area contributed by atoms with Crippen molar-refractivity contribution in [1.29, 1.82) is 0 Å². The fourth-order valence-corrected chi connectivity index (χ4v) is 2.61. The van der Waals surface area contributed by atoms with E-state index in [0.29, 0.717) is 12.1 Å². The number of anilines is 1. The van der Waals surface area contributed by atoms with Gasteiger partial charge in [-0.2, -0.15) is 0 Å². The van der Waals surface area contributed by atoms with E-state index < -0.39 is 0 Å². The Morgan fingerprint density at radius 1 is 1.33 bits per heavy atom. The number of pyridine rings is 1. The van der Waals surface area contributed by atoms with E-state index >= 15 is 0 Å². The predicted octanol–water partition coefficient (Wildman–Crippen LogP) is 1.63. The minimum absolute atomic E-state index is 0.0268. The average Bonchev–Trinajstić information content (AvgIpc) is 2.35. The number of aromatic nitrogens is 1. The van der Waals surface area contributed by atoms with Crippen LogP contribution in [0, 0.1) is 0 Å². The fraction of sp³-hybridized carbons (Fsp3) is 0.643. The van der Waals surface area contributed by atoms with Crippen molar-refractivity contribution < 1.29 is 0 Å². The van der Waals surface area contributed by atoms with E-state index in [1.165, 1.54) is 0 Å². The summed E-state index contributed by atoms with van der Waals surface area (Å²) < 4.78 is 0. The van der Waals surface area contributed by atoms with Crippen LogP contribution in [0.25, 0.3) is 0 Å². The maximum atomic E-state index is 6.04. The summed E-state index contributed by atoms with van der Waals surface area (Å²) in [4.78, 5) is 9.34. The van der Waals surface area contributed by atoms with E-state index in [2.05, 4.69) is 41.7 Å². The van der Waals surface area contributed by atoms with Gasteiger partial charge in [-0.3, -0.25) is 4.90 Å². The molecule has 4 heteroatoms. The van der Waals surface area contributed by atoms with Gasteiger partial charge in [0.15, 0.2) is 0 Å². The molecule has 0 aliphatic carbocycles. The molecule has 1 fully saturated rings. The summed E-state index contributed by atoms with van der Waals surface area (Å²) in [5.74, 6) is 1.05. The first kappa shape index (κ1) is 13.3. The van der Waals surface area contributed by atoms with Gasteiger partial charge in [0.05, 0.1) is 0 Å². The van der Waals surface area contributed by atoms with Crippen molar-refractivity contribution in [3.63, 3.8) is 0 Å². The summed E-state index contributed by atoms with van der Waals surface area (Å²) in [5, 5.41) is 0. The summed E-state index contributed by atoms with van der Waals surface area (Å²) in [7, 11) is 2.19. The molecule has 2 N–H and O–H groups in total. The third kappa shape index (κ3) is 2.49. The maximum absolute atomic E-state index is 6.04. The molecular formula is C14H24N4. The Kier molecular flexibility index (Phi) is 3.88. The van der Waals surface area contributed by atoms with E-state index in [1.807, 2.05) is 19.2 Å². The second kappa shape index (κ2) is 5.24. The smallest absolute Gasteiger partial charge is 0.133 e. The van der Waals surface area contributed by atoms with E-state index in [0.717, 1.165) is 24.5 Å². The van der Waals surface area contributed by atoms with Crippen LogP contribution in [0.4, 0.5) is 5.82 Å². The SMILES string of the molecule is CC1CN(c2ncccc2[C@@H](C)N)CC(C)N1C. The fourth-order valence-electron chi connectivity index (χ4n) is 2.61. The van der Waals surface area contributed by atoms with Gasteiger partial charge in [0.25, 0.3) is 0 Å². The highest BCUT2D eigenvalue weighted by atomic mass is 15.3. The molecule has 4 nitrogen and oxygen atoms in total. The van der Waals surface area contributed by atoms with Gasteiger partial charge in [-0.25, -0.2) is 4.98 Å². The zero-order chi connectivity index (χ0) is 13.3. The molecule has 0 amide bonds. The highest BCUT2D eigenvalue weighted by molar-refractivity contribution is 5.49. The van der Waals surface area contributed by atoms with E-state index in [1.54, 1.807) is 0 Å². The monoisotopic (exact) mass is 248 g/mol. The first-order valence-corrected chi connectivity index (χ1v) is 6.68. The average molecular weight is 248 g/mol. The second-order valence-electron chi connectivity index (χ2n) is 5.47. The van der Waals surface area contributed by atoms with E-state index in [-0.39, 0.29) is 6.04 Å². The summed E-state index contributed by atoms with van der Waals surface area (Å²) in [6, 6.07) is 5.15. The molecule has 0 radical (unpaired) electrons. The Morgan fingerprint density at radius 2 is 1.94 bits per heavy atom. The standard InChI is InChI=1S/C14H24N4/c1-10-8-18(9-11(2)17(10)4)14-13(12(3)15)6-5-7-16-14/h5-7,10-12H,8-9,15H2,1-4H3/t10?,11?,12-/m1/s1. The molecule has 2 unspecified atom stereocenters. The Labute approximate surface area is 110 Å². The van der Waals surface area contributed by atoms with Crippen LogP contribution < -0.4 is 10.6 Å². The van der Waals surface area contributed by atoms with Gasteiger partial charge < -0.3 is 10.6 Å². The molecule has 1 aromatic rings. The molecule has 1 saturated heterocycles. The summed E-state index contributed by atoms with van der Waals surface area (Å²) in [6.07, 6.45) is 1.86. The first-order valence-electron chi connectivity index (χ1n) is 6.68. The molecular weight excluding hydrogens is 224 g/mol. The van der Waals surface area contributed by atoms with Gasteiger partial charge in [0.1, 0.15) is 5.82 Å². The van der Waals surface area contributed by atoms with Crippen LogP contribution in [-0.4, -0.2) is 42.1 Å². The number of likely N-dealkylation sites (N-methyl/N-ethyl adjacent to an activating group) is 1. The number of nitrogens with two attached hydrogens (primary N) is 1. The molecule has 0 aromatic carbocycles. The highest BCUT2D eigenvalue weighted by Gasteiger charge is 2.28. The third-order valence-electron chi connectivity index (χ3n) is 3.97. The van der Waals surface area contributed by atoms with Crippen molar-refractivity contribution in [1.82, 2.24) is 9.88 Å². The summed E-state index contributed by atoms with van der Waals surface area (Å²) in [5.41, 5.74) is 7.18. The van der Waals surface area contributed by atoms with E-state index in [9.17, 15) is 0 Å². The second-order valence-corrected chi connectivity index (χ2v) is 5.47. The van der Waals surface area contributed by atoms with Crippen molar-refractivity contribution in [3.05, 3.63) is 23.9 Å².